The smallest absolute Gasteiger partial charge is 0.0419 e. The number of nitrogens with zero attached hydrogens (tertiary/aromatic N) is 1. The van der Waals surface area contributed by atoms with Gasteiger partial charge in [-0.3, -0.25) is 4.90 Å². The Labute approximate surface area is 123 Å². The van der Waals surface area contributed by atoms with Crippen LogP contribution in [0.5, 0.6) is 0 Å². The van der Waals surface area contributed by atoms with Gasteiger partial charge in [0.2, 0.25) is 0 Å². The van der Waals surface area contributed by atoms with Crippen LogP contribution >= 0.6 is 12.4 Å². The molecule has 2 heterocycles. The fourth-order valence-corrected chi connectivity index (χ4v) is 3.26. The second-order valence-corrected chi connectivity index (χ2v) is 5.94. The molecule has 1 fully saturated rings. The first-order valence-corrected chi connectivity index (χ1v) is 7.40. The van der Waals surface area contributed by atoms with Crippen molar-refractivity contribution in [2.75, 3.05) is 25.0 Å². The molecule has 1 N–H and O–H groups in total. The molecule has 1 unspecified atom stereocenters. The molecule has 1 atom stereocenters. The summed E-state index contributed by atoms with van der Waals surface area (Å²) < 4.78 is 0. The zero-order valence-electron chi connectivity index (χ0n) is 11.8. The van der Waals surface area contributed by atoms with E-state index in [-0.39, 0.29) is 12.4 Å². The van der Waals surface area contributed by atoms with Crippen LogP contribution in [0, 0.1) is 5.92 Å². The molecule has 2 aliphatic rings. The summed E-state index contributed by atoms with van der Waals surface area (Å²) in [5.41, 5.74) is 4.44. The average Bonchev–Trinajstić information content (AvgIpc) is 2.76. The van der Waals surface area contributed by atoms with Gasteiger partial charge in [-0.1, -0.05) is 25.1 Å². The molecule has 2 nitrogen and oxygen atoms in total. The van der Waals surface area contributed by atoms with Crippen LogP contribution in [-0.2, 0) is 13.0 Å². The average molecular weight is 281 g/mol. The molecule has 2 aliphatic heterocycles. The van der Waals surface area contributed by atoms with Gasteiger partial charge in [0.15, 0.2) is 0 Å². The van der Waals surface area contributed by atoms with Crippen LogP contribution in [0.25, 0.3) is 0 Å². The quantitative estimate of drug-likeness (QED) is 0.889. The third-order valence-corrected chi connectivity index (χ3v) is 4.44. The van der Waals surface area contributed by atoms with E-state index >= 15 is 0 Å². The van der Waals surface area contributed by atoms with E-state index in [0.29, 0.717) is 0 Å². The lowest BCUT2D eigenvalue weighted by Gasteiger charge is -2.21. The van der Waals surface area contributed by atoms with Gasteiger partial charge in [0.05, 0.1) is 0 Å². The summed E-state index contributed by atoms with van der Waals surface area (Å²) in [6.07, 6.45) is 5.33. The highest BCUT2D eigenvalue weighted by molar-refractivity contribution is 5.85. The summed E-state index contributed by atoms with van der Waals surface area (Å²) in [6.45, 7) is 7.18. The molecule has 0 aliphatic carbocycles. The molecular formula is C16H25ClN2. The fraction of sp³-hybridized carbons (Fsp3) is 0.625. The molecule has 0 radical (unpaired) electrons. The molecule has 0 bridgehead atoms. The zero-order valence-corrected chi connectivity index (χ0v) is 12.6. The fourth-order valence-electron chi connectivity index (χ4n) is 3.26. The Morgan fingerprint density at radius 3 is 3.05 bits per heavy atom. The number of fused-ring (bicyclic) bond motifs is 1. The maximum Gasteiger partial charge on any atom is 0.0419 e. The maximum absolute atomic E-state index is 3.56. The van der Waals surface area contributed by atoms with Gasteiger partial charge < -0.3 is 5.32 Å². The van der Waals surface area contributed by atoms with Crippen molar-refractivity contribution in [3.05, 3.63) is 29.3 Å². The Bertz CT molecular complexity index is 419. The minimum atomic E-state index is 0. The second-order valence-electron chi connectivity index (χ2n) is 5.94. The minimum absolute atomic E-state index is 0. The SMILES string of the molecule is CC1CCCN(Cc2cccc3c2NCC3)CC1.Cl. The van der Waals surface area contributed by atoms with E-state index < -0.39 is 0 Å². The van der Waals surface area contributed by atoms with Crippen LogP contribution in [0.3, 0.4) is 0 Å². The van der Waals surface area contributed by atoms with E-state index in [9.17, 15) is 0 Å². The van der Waals surface area contributed by atoms with Gasteiger partial charge in [-0.25, -0.2) is 0 Å². The molecule has 106 valence electrons. The minimum Gasteiger partial charge on any atom is -0.384 e. The van der Waals surface area contributed by atoms with Gasteiger partial charge in [0.1, 0.15) is 0 Å². The number of halogens is 1. The van der Waals surface area contributed by atoms with E-state index in [2.05, 4.69) is 35.3 Å². The van der Waals surface area contributed by atoms with E-state index in [0.717, 1.165) is 19.0 Å². The van der Waals surface area contributed by atoms with Crippen molar-refractivity contribution in [3.8, 4) is 0 Å². The van der Waals surface area contributed by atoms with Gasteiger partial charge in [-0.2, -0.15) is 0 Å². The van der Waals surface area contributed by atoms with Gasteiger partial charge in [0.25, 0.3) is 0 Å². The molecule has 3 rings (SSSR count). The maximum atomic E-state index is 3.56. The van der Waals surface area contributed by atoms with Crippen LogP contribution in [0.2, 0.25) is 0 Å². The van der Waals surface area contributed by atoms with Gasteiger partial charge in [-0.05, 0) is 55.8 Å². The van der Waals surface area contributed by atoms with E-state index in [4.69, 9.17) is 0 Å². The molecule has 0 spiro atoms. The standard InChI is InChI=1S/C16H24N2.ClH/c1-13-4-3-10-18(11-8-13)12-15-6-2-5-14-7-9-17-16(14)15;/h2,5-6,13,17H,3-4,7-12H2,1H3;1H. The summed E-state index contributed by atoms with van der Waals surface area (Å²) in [7, 11) is 0. The topological polar surface area (TPSA) is 15.3 Å². The lowest BCUT2D eigenvalue weighted by atomic mass is 10.0. The number of anilines is 1. The van der Waals surface area contributed by atoms with Gasteiger partial charge in [0, 0.05) is 18.8 Å². The van der Waals surface area contributed by atoms with Crippen molar-refractivity contribution in [1.29, 1.82) is 0 Å². The number of rotatable bonds is 2. The van der Waals surface area contributed by atoms with Crippen LogP contribution in [0.15, 0.2) is 18.2 Å². The number of hydrogen-bond acceptors (Lipinski definition) is 2. The van der Waals surface area contributed by atoms with Crippen LogP contribution in [-0.4, -0.2) is 24.5 Å². The number of benzene rings is 1. The molecule has 0 amide bonds. The predicted octanol–water partition coefficient (Wildman–Crippen LogP) is 3.70. The van der Waals surface area contributed by atoms with Crippen LogP contribution < -0.4 is 5.32 Å². The summed E-state index contributed by atoms with van der Waals surface area (Å²) in [6, 6.07) is 6.79. The molecule has 1 aromatic carbocycles. The first-order chi connectivity index (χ1) is 8.83. The third-order valence-electron chi connectivity index (χ3n) is 4.44. The van der Waals surface area contributed by atoms with E-state index in [1.165, 1.54) is 55.6 Å². The van der Waals surface area contributed by atoms with Crippen molar-refractivity contribution < 1.29 is 0 Å². The monoisotopic (exact) mass is 280 g/mol. The largest absolute Gasteiger partial charge is 0.384 e. The number of nitrogens with one attached hydrogen (secondary N) is 1. The molecule has 0 saturated carbocycles. The second kappa shape index (κ2) is 6.62. The van der Waals surface area contributed by atoms with Gasteiger partial charge in [-0.15, -0.1) is 12.4 Å². The summed E-state index contributed by atoms with van der Waals surface area (Å²) in [5.74, 6) is 0.912. The summed E-state index contributed by atoms with van der Waals surface area (Å²) in [4.78, 5) is 2.64. The Morgan fingerprint density at radius 2 is 2.16 bits per heavy atom. The summed E-state index contributed by atoms with van der Waals surface area (Å²) >= 11 is 0. The lowest BCUT2D eigenvalue weighted by molar-refractivity contribution is 0.274. The van der Waals surface area contributed by atoms with E-state index in [1.807, 2.05) is 0 Å². The van der Waals surface area contributed by atoms with Gasteiger partial charge >= 0.3 is 0 Å². The Hall–Kier alpha value is -0.730. The molecule has 1 aromatic rings. The van der Waals surface area contributed by atoms with Crippen molar-refractivity contribution >= 4 is 18.1 Å². The normalized spacial score (nSPS) is 23.1. The van der Waals surface area contributed by atoms with Crippen molar-refractivity contribution in [1.82, 2.24) is 4.90 Å². The number of likely N-dealkylation sites (tertiary alicyclic amines) is 1. The van der Waals surface area contributed by atoms with Crippen molar-refractivity contribution in [2.24, 2.45) is 5.92 Å². The zero-order chi connectivity index (χ0) is 12.4. The Morgan fingerprint density at radius 1 is 1.26 bits per heavy atom. The van der Waals surface area contributed by atoms with Crippen molar-refractivity contribution in [3.63, 3.8) is 0 Å². The molecule has 1 saturated heterocycles. The lowest BCUT2D eigenvalue weighted by Crippen LogP contribution is -2.24. The van der Waals surface area contributed by atoms with Crippen LogP contribution in [0.4, 0.5) is 5.69 Å². The first-order valence-electron chi connectivity index (χ1n) is 7.40. The first kappa shape index (κ1) is 14.7. The number of para-hydroxylation sites is 1. The molecular weight excluding hydrogens is 256 g/mol. The highest BCUT2D eigenvalue weighted by Gasteiger charge is 2.18. The highest BCUT2D eigenvalue weighted by atomic mass is 35.5. The Balaban J connectivity index is 0.00000133. The predicted molar refractivity (Wildman–Crippen MR) is 84.2 cm³/mol. The third kappa shape index (κ3) is 3.43. The van der Waals surface area contributed by atoms with E-state index in [1.54, 1.807) is 0 Å². The summed E-state index contributed by atoms with van der Waals surface area (Å²) in [5, 5.41) is 3.56. The molecule has 0 aromatic heterocycles. The van der Waals surface area contributed by atoms with Crippen molar-refractivity contribution in [2.45, 2.75) is 39.2 Å². The van der Waals surface area contributed by atoms with Crippen LogP contribution in [0.1, 0.15) is 37.3 Å². The highest BCUT2D eigenvalue weighted by Crippen LogP contribution is 2.28. The molecule has 19 heavy (non-hydrogen) atoms. The molecule has 3 heteroatoms. The Kier molecular flexibility index (Phi) is 5.12. The number of hydrogen-bond donors (Lipinski definition) is 1.